The number of aromatic nitrogens is 1. The average molecular weight is 396 g/mol. The van der Waals surface area contributed by atoms with Crippen LogP contribution in [0.3, 0.4) is 0 Å². The molecule has 1 aliphatic rings. The zero-order chi connectivity index (χ0) is 19.8. The highest BCUT2D eigenvalue weighted by Crippen LogP contribution is 2.38. The van der Waals surface area contributed by atoms with Crippen molar-refractivity contribution in [2.24, 2.45) is 0 Å². The molecule has 3 aromatic rings. The SMILES string of the molecule is FC(F)F.O=C(O)c1c2c(nc3ccccc13)-c1cccc(c1)S(=O)(=O)N2. The number of halogens is 3. The Morgan fingerprint density at radius 2 is 1.74 bits per heavy atom. The van der Waals surface area contributed by atoms with Gasteiger partial charge in [-0.15, -0.1) is 0 Å². The van der Waals surface area contributed by atoms with Gasteiger partial charge in [-0.05, 0) is 18.2 Å². The quantitative estimate of drug-likeness (QED) is 0.651. The number of nitrogens with one attached hydrogen (secondary N) is 1. The second-order valence-corrected chi connectivity index (χ2v) is 7.10. The lowest BCUT2D eigenvalue weighted by molar-refractivity contribution is 0.00817. The number of hydrogen-bond donors (Lipinski definition) is 2. The number of hydrogen-bond acceptors (Lipinski definition) is 4. The summed E-state index contributed by atoms with van der Waals surface area (Å²) < 4.78 is 56.2. The van der Waals surface area contributed by atoms with E-state index in [2.05, 4.69) is 9.71 Å². The summed E-state index contributed by atoms with van der Waals surface area (Å²) in [5.74, 6) is -1.21. The number of carbonyl (C=O) groups is 1. The highest BCUT2D eigenvalue weighted by molar-refractivity contribution is 7.92. The molecule has 2 heterocycles. The molecule has 2 N–H and O–H groups in total. The summed E-state index contributed by atoms with van der Waals surface area (Å²) in [6, 6.07) is 13.0. The highest BCUT2D eigenvalue weighted by atomic mass is 32.2. The Labute approximate surface area is 151 Å². The number of pyridine rings is 1. The third kappa shape index (κ3) is 3.56. The normalized spacial score (nSPS) is 13.8. The van der Waals surface area contributed by atoms with E-state index in [4.69, 9.17) is 0 Å². The van der Waals surface area contributed by atoms with E-state index in [9.17, 15) is 31.5 Å². The van der Waals surface area contributed by atoms with Gasteiger partial charge in [0.05, 0.1) is 27.4 Å². The molecule has 0 amide bonds. The molecule has 6 nitrogen and oxygen atoms in total. The van der Waals surface area contributed by atoms with Gasteiger partial charge in [-0.1, -0.05) is 30.3 Å². The number of benzene rings is 2. The van der Waals surface area contributed by atoms with Crippen LogP contribution in [0.2, 0.25) is 0 Å². The summed E-state index contributed by atoms with van der Waals surface area (Å²) in [7, 11) is -3.85. The van der Waals surface area contributed by atoms with Crippen molar-refractivity contribution < 1.29 is 31.5 Å². The average Bonchev–Trinajstić information content (AvgIpc) is 2.66. The first-order valence-electron chi connectivity index (χ1n) is 7.42. The van der Waals surface area contributed by atoms with Gasteiger partial charge in [-0.3, -0.25) is 4.72 Å². The number of aromatic carboxylic acids is 1. The van der Waals surface area contributed by atoms with Gasteiger partial charge >= 0.3 is 12.6 Å². The molecule has 0 radical (unpaired) electrons. The number of fused-ring (bicyclic) bond motifs is 5. The van der Waals surface area contributed by atoms with Crippen molar-refractivity contribution in [2.45, 2.75) is 11.6 Å². The lowest BCUT2D eigenvalue weighted by Crippen LogP contribution is -2.15. The van der Waals surface area contributed by atoms with Gasteiger partial charge in [-0.25, -0.2) is 18.2 Å². The first kappa shape index (κ1) is 18.6. The molecule has 2 bridgehead atoms. The standard InChI is InChI=1S/C16H10N2O4S.CHF3/c19-16(20)13-11-6-1-2-7-12(11)17-14-9-4-3-5-10(8-9)23(21,22)18-15(13)14;2-1(3)4/h1-8,18H,(H,19,20);1H. The van der Waals surface area contributed by atoms with Crippen LogP contribution in [0.25, 0.3) is 22.2 Å². The van der Waals surface area contributed by atoms with Crippen molar-refractivity contribution in [1.82, 2.24) is 4.98 Å². The van der Waals surface area contributed by atoms with Crippen molar-refractivity contribution in [3.8, 4) is 11.3 Å². The van der Waals surface area contributed by atoms with Crippen molar-refractivity contribution in [3.05, 3.63) is 54.1 Å². The van der Waals surface area contributed by atoms with Gasteiger partial charge in [0.25, 0.3) is 10.0 Å². The third-order valence-corrected chi connectivity index (χ3v) is 5.11. The Balaban J connectivity index is 0.000000481. The van der Waals surface area contributed by atoms with Crippen LogP contribution >= 0.6 is 0 Å². The first-order chi connectivity index (χ1) is 12.7. The molecule has 0 fully saturated rings. The van der Waals surface area contributed by atoms with Crippen LogP contribution in [0.15, 0.2) is 53.4 Å². The summed E-state index contributed by atoms with van der Waals surface area (Å²) >= 11 is 0. The fraction of sp³-hybridized carbons (Fsp3) is 0.0588. The number of rotatable bonds is 1. The minimum atomic E-state index is -3.85. The predicted molar refractivity (Wildman–Crippen MR) is 92.1 cm³/mol. The Hall–Kier alpha value is -3.14. The van der Waals surface area contributed by atoms with Gasteiger partial charge in [0.1, 0.15) is 0 Å². The molecule has 0 atom stereocenters. The maximum Gasteiger partial charge on any atom is 0.379 e. The van der Waals surface area contributed by atoms with E-state index in [1.54, 1.807) is 36.4 Å². The van der Waals surface area contributed by atoms with E-state index in [1.165, 1.54) is 12.1 Å². The first-order valence-corrected chi connectivity index (χ1v) is 8.90. The predicted octanol–water partition coefficient (Wildman–Crippen LogP) is 3.89. The summed E-state index contributed by atoms with van der Waals surface area (Å²) in [5, 5.41) is 10.0. The molecule has 0 saturated carbocycles. The second-order valence-electron chi connectivity index (χ2n) is 5.41. The second kappa shape index (κ2) is 6.88. The van der Waals surface area contributed by atoms with Crippen LogP contribution in [0.5, 0.6) is 0 Å². The summed E-state index contributed by atoms with van der Waals surface area (Å²) in [4.78, 5) is 16.3. The largest absolute Gasteiger partial charge is 0.478 e. The van der Waals surface area contributed by atoms with Crippen molar-refractivity contribution in [2.75, 3.05) is 4.72 Å². The van der Waals surface area contributed by atoms with Crippen LogP contribution in [0.1, 0.15) is 10.4 Å². The molecule has 4 rings (SSSR count). The van der Waals surface area contributed by atoms with Crippen LogP contribution in [0, 0.1) is 0 Å². The maximum atomic E-state index is 12.4. The Morgan fingerprint density at radius 1 is 1.07 bits per heavy atom. The number of anilines is 1. The molecule has 0 aliphatic carbocycles. The van der Waals surface area contributed by atoms with E-state index >= 15 is 0 Å². The topological polar surface area (TPSA) is 96.4 Å². The van der Waals surface area contributed by atoms with E-state index in [-0.39, 0.29) is 16.1 Å². The molecule has 0 spiro atoms. The van der Waals surface area contributed by atoms with Gasteiger partial charge in [0.2, 0.25) is 0 Å². The number of para-hydroxylation sites is 1. The lowest BCUT2D eigenvalue weighted by atomic mass is 10.0. The van der Waals surface area contributed by atoms with Crippen molar-refractivity contribution in [3.63, 3.8) is 0 Å². The van der Waals surface area contributed by atoms with Gasteiger partial charge in [0, 0.05) is 10.9 Å². The third-order valence-electron chi connectivity index (χ3n) is 3.76. The van der Waals surface area contributed by atoms with E-state index < -0.39 is 22.7 Å². The minimum Gasteiger partial charge on any atom is -0.478 e. The molecule has 0 saturated heterocycles. The molecule has 27 heavy (non-hydrogen) atoms. The Morgan fingerprint density at radius 3 is 2.41 bits per heavy atom. The zero-order valence-corrected chi connectivity index (χ0v) is 14.2. The molecular formula is C17H11F3N2O4S. The molecule has 10 heteroatoms. The molecule has 0 unspecified atom stereocenters. The van der Waals surface area contributed by atoms with Crippen molar-refractivity contribution in [1.29, 1.82) is 0 Å². The summed E-state index contributed by atoms with van der Waals surface area (Å²) in [6.45, 7) is -3.67. The van der Waals surface area contributed by atoms with Crippen LogP contribution in [-0.4, -0.2) is 31.2 Å². The number of nitrogens with zero attached hydrogens (tertiary/aromatic N) is 1. The van der Waals surface area contributed by atoms with Crippen molar-refractivity contribution >= 4 is 32.6 Å². The van der Waals surface area contributed by atoms with Crippen LogP contribution in [0.4, 0.5) is 18.9 Å². The number of sulfonamides is 1. The lowest BCUT2D eigenvalue weighted by Gasteiger charge is -2.13. The smallest absolute Gasteiger partial charge is 0.379 e. The number of carboxylic acid groups (broad SMARTS) is 1. The van der Waals surface area contributed by atoms with Gasteiger partial charge < -0.3 is 5.11 Å². The zero-order valence-electron chi connectivity index (χ0n) is 13.4. The van der Waals surface area contributed by atoms with Crippen LogP contribution in [-0.2, 0) is 10.0 Å². The fourth-order valence-corrected chi connectivity index (χ4v) is 3.87. The molecular weight excluding hydrogens is 385 g/mol. The Bertz CT molecular complexity index is 1150. The van der Waals surface area contributed by atoms with E-state index in [0.29, 0.717) is 22.2 Å². The van der Waals surface area contributed by atoms with Gasteiger partial charge in [-0.2, -0.15) is 13.2 Å². The molecule has 2 aromatic carbocycles. The fourth-order valence-electron chi connectivity index (χ4n) is 2.75. The number of alkyl halides is 3. The van der Waals surface area contributed by atoms with E-state index in [1.807, 2.05) is 0 Å². The molecule has 1 aliphatic heterocycles. The molecule has 140 valence electrons. The summed E-state index contributed by atoms with van der Waals surface area (Å²) in [6.07, 6.45) is 0. The monoisotopic (exact) mass is 396 g/mol. The minimum absolute atomic E-state index is 0.00241. The van der Waals surface area contributed by atoms with E-state index in [0.717, 1.165) is 0 Å². The number of carboxylic acids is 1. The Kier molecular flexibility index (Phi) is 4.75. The van der Waals surface area contributed by atoms with Crippen LogP contribution < -0.4 is 4.72 Å². The maximum absolute atomic E-state index is 12.4. The molecule has 1 aromatic heterocycles. The summed E-state index contributed by atoms with van der Waals surface area (Å²) in [5.41, 5.74) is 1.26. The van der Waals surface area contributed by atoms with Gasteiger partial charge in [0.15, 0.2) is 0 Å². The highest BCUT2D eigenvalue weighted by Gasteiger charge is 2.28.